The summed E-state index contributed by atoms with van der Waals surface area (Å²) in [5, 5.41) is 10.4. The van der Waals surface area contributed by atoms with Crippen molar-refractivity contribution in [2.24, 2.45) is 0 Å². The number of allylic oxidation sites excluding steroid dienone is 1. The normalized spacial score (nSPS) is 26.0. The zero-order valence-corrected chi connectivity index (χ0v) is 10.0. The number of hydrogen-bond donors (Lipinski definition) is 0. The number of nitrogens with zero attached hydrogens (tertiary/aromatic N) is 1. The van der Waals surface area contributed by atoms with Gasteiger partial charge in [-0.05, 0) is 12.1 Å². The van der Waals surface area contributed by atoms with Gasteiger partial charge in [-0.25, -0.2) is 13.2 Å². The van der Waals surface area contributed by atoms with E-state index in [-0.39, 0.29) is 0 Å². The maximum Gasteiger partial charge on any atom is 0.342 e. The second kappa shape index (κ2) is 5.15. The van der Waals surface area contributed by atoms with Gasteiger partial charge in [0.1, 0.15) is 5.75 Å². The summed E-state index contributed by atoms with van der Waals surface area (Å²) in [6.45, 7) is 0. The van der Waals surface area contributed by atoms with E-state index in [1.54, 1.807) is 0 Å². The molecule has 21 heavy (non-hydrogen) atoms. The van der Waals surface area contributed by atoms with Crippen LogP contribution in [0, 0.1) is 10.1 Å². The molecule has 1 aliphatic rings. The number of alkyl halides is 2. The summed E-state index contributed by atoms with van der Waals surface area (Å²) in [5.74, 6) is -12.0. The molecule has 1 aromatic carbocycles. The van der Waals surface area contributed by atoms with E-state index in [9.17, 15) is 32.1 Å². The molecule has 0 N–H and O–H groups in total. The molecule has 0 spiro atoms. The zero-order valence-electron chi connectivity index (χ0n) is 10.0. The molecule has 2 atom stereocenters. The second-order valence-corrected chi connectivity index (χ2v) is 4.00. The molecule has 2 rings (SSSR count). The van der Waals surface area contributed by atoms with Gasteiger partial charge in [0.2, 0.25) is 23.7 Å². The number of benzene rings is 1. The van der Waals surface area contributed by atoms with E-state index in [0.29, 0.717) is 0 Å². The molecular weight excluding hydrogens is 301 g/mol. The lowest BCUT2D eigenvalue weighted by Gasteiger charge is -2.29. The lowest BCUT2D eigenvalue weighted by molar-refractivity contribution is -0.427. The number of nitro groups is 1. The Bertz CT molecular complexity index is 646. The molecule has 0 saturated carbocycles. The van der Waals surface area contributed by atoms with Crippen molar-refractivity contribution in [2.45, 2.75) is 12.0 Å². The first-order chi connectivity index (χ1) is 9.79. The van der Waals surface area contributed by atoms with Crippen molar-refractivity contribution in [1.29, 1.82) is 0 Å². The van der Waals surface area contributed by atoms with E-state index < -0.39 is 45.9 Å². The third-order valence-corrected chi connectivity index (χ3v) is 2.67. The topological polar surface area (TPSA) is 52.4 Å². The predicted molar refractivity (Wildman–Crippen MR) is 60.2 cm³/mol. The first kappa shape index (κ1) is 14.9. The van der Waals surface area contributed by atoms with Crippen molar-refractivity contribution in [3.8, 4) is 5.75 Å². The van der Waals surface area contributed by atoms with E-state index in [4.69, 9.17) is 0 Å². The third-order valence-electron chi connectivity index (χ3n) is 2.67. The summed E-state index contributed by atoms with van der Waals surface area (Å²) in [6, 6.07) is 6.29. The van der Waals surface area contributed by atoms with E-state index in [2.05, 4.69) is 4.74 Å². The van der Waals surface area contributed by atoms with E-state index >= 15 is 0 Å². The molecule has 4 nitrogen and oxygen atoms in total. The monoisotopic (exact) mass is 307 g/mol. The quantitative estimate of drug-likeness (QED) is 0.486. The Balaban J connectivity index is 2.49. The number of para-hydroxylation sites is 1. The molecule has 9 heteroatoms. The predicted octanol–water partition coefficient (Wildman–Crippen LogP) is 3.69. The Labute approximate surface area is 114 Å². The average Bonchev–Trinajstić information content (AvgIpc) is 2.44. The number of halogens is 5. The van der Waals surface area contributed by atoms with Crippen LogP contribution in [0.15, 0.2) is 53.5 Å². The van der Waals surface area contributed by atoms with Crippen LogP contribution in [0.1, 0.15) is 0 Å². The minimum atomic E-state index is -4.16. The minimum Gasteiger partial charge on any atom is -0.449 e. The Morgan fingerprint density at radius 3 is 2.29 bits per heavy atom. The third kappa shape index (κ3) is 2.34. The molecule has 0 bridgehead atoms. The van der Waals surface area contributed by atoms with Crippen molar-refractivity contribution in [2.75, 3.05) is 0 Å². The van der Waals surface area contributed by atoms with Crippen LogP contribution in [-0.4, -0.2) is 16.9 Å². The zero-order chi connectivity index (χ0) is 15.8. The van der Waals surface area contributed by atoms with Crippen molar-refractivity contribution in [3.63, 3.8) is 0 Å². The van der Waals surface area contributed by atoms with Crippen molar-refractivity contribution in [3.05, 3.63) is 63.6 Å². The first-order valence-corrected chi connectivity index (χ1v) is 5.46. The van der Waals surface area contributed by atoms with E-state index in [1.165, 1.54) is 18.2 Å². The molecular formula is C12H6F5NO3. The molecule has 0 fully saturated rings. The molecule has 2 unspecified atom stereocenters. The summed E-state index contributed by atoms with van der Waals surface area (Å²) in [4.78, 5) is 8.69. The van der Waals surface area contributed by atoms with Crippen LogP contribution in [0.5, 0.6) is 5.75 Å². The molecule has 112 valence electrons. The summed E-state index contributed by atoms with van der Waals surface area (Å²) >= 11 is 0. The van der Waals surface area contributed by atoms with Crippen LogP contribution in [0.25, 0.3) is 0 Å². The highest BCUT2D eigenvalue weighted by Crippen LogP contribution is 2.45. The number of ether oxygens (including phenoxy) is 1. The largest absolute Gasteiger partial charge is 0.449 e. The first-order valence-electron chi connectivity index (χ1n) is 5.46. The highest BCUT2D eigenvalue weighted by molar-refractivity contribution is 5.38. The molecule has 1 aromatic rings. The van der Waals surface area contributed by atoms with Gasteiger partial charge in [-0.2, -0.15) is 8.78 Å². The molecule has 0 aliphatic heterocycles. The minimum absolute atomic E-state index is 0.414. The van der Waals surface area contributed by atoms with Gasteiger partial charge >= 0.3 is 11.6 Å². The van der Waals surface area contributed by atoms with Crippen LogP contribution in [0.3, 0.4) is 0 Å². The van der Waals surface area contributed by atoms with Gasteiger partial charge in [0, 0.05) is 0 Å². The Kier molecular flexibility index (Phi) is 3.67. The number of rotatable bonds is 3. The lowest BCUT2D eigenvalue weighted by atomic mass is 10.0. The van der Waals surface area contributed by atoms with Crippen LogP contribution in [-0.2, 0) is 0 Å². The van der Waals surface area contributed by atoms with E-state index in [0.717, 1.165) is 12.1 Å². The van der Waals surface area contributed by atoms with Crippen molar-refractivity contribution < 1.29 is 31.6 Å². The van der Waals surface area contributed by atoms with Crippen LogP contribution in [0.4, 0.5) is 22.0 Å². The Morgan fingerprint density at radius 1 is 1.19 bits per heavy atom. The van der Waals surface area contributed by atoms with Crippen LogP contribution in [0.2, 0.25) is 0 Å². The summed E-state index contributed by atoms with van der Waals surface area (Å²) in [7, 11) is 0. The molecule has 0 amide bonds. The highest BCUT2D eigenvalue weighted by Gasteiger charge is 2.59. The summed E-state index contributed by atoms with van der Waals surface area (Å²) < 4.78 is 72.6. The fourth-order valence-electron chi connectivity index (χ4n) is 1.68. The van der Waals surface area contributed by atoms with Gasteiger partial charge in [-0.15, -0.1) is 0 Å². The Hall–Kier alpha value is -2.45. The van der Waals surface area contributed by atoms with Crippen LogP contribution >= 0.6 is 0 Å². The van der Waals surface area contributed by atoms with Gasteiger partial charge in [-0.3, -0.25) is 10.1 Å². The molecule has 0 saturated heterocycles. The number of hydrogen-bond acceptors (Lipinski definition) is 3. The van der Waals surface area contributed by atoms with Crippen molar-refractivity contribution >= 4 is 0 Å². The lowest BCUT2D eigenvalue weighted by Crippen LogP contribution is -2.45. The van der Waals surface area contributed by atoms with Gasteiger partial charge in [-0.1, -0.05) is 18.2 Å². The fraction of sp³-hybridized carbons (Fsp3) is 0.167. The van der Waals surface area contributed by atoms with Crippen LogP contribution < -0.4 is 4.74 Å². The average molecular weight is 307 g/mol. The van der Waals surface area contributed by atoms with Gasteiger partial charge in [0.15, 0.2) is 0 Å². The van der Waals surface area contributed by atoms with Gasteiger partial charge < -0.3 is 4.74 Å². The fourth-order valence-corrected chi connectivity index (χ4v) is 1.68. The molecule has 0 heterocycles. The molecule has 1 aliphatic carbocycles. The molecule has 0 aromatic heterocycles. The van der Waals surface area contributed by atoms with E-state index in [1.807, 2.05) is 0 Å². The molecule has 0 radical (unpaired) electrons. The summed E-state index contributed by atoms with van der Waals surface area (Å²) in [5.41, 5.74) is -2.09. The summed E-state index contributed by atoms with van der Waals surface area (Å²) in [6.07, 6.45) is -3.52. The SMILES string of the molecule is O=[N+]([O-])C1=C(F)C(F)C(F)(Oc2ccccc2)C(F)=C1F. The van der Waals surface area contributed by atoms with Crippen molar-refractivity contribution in [1.82, 2.24) is 0 Å². The highest BCUT2D eigenvalue weighted by atomic mass is 19.2. The maximum absolute atomic E-state index is 14.2. The van der Waals surface area contributed by atoms with Gasteiger partial charge in [0.05, 0.1) is 4.92 Å². The second-order valence-electron chi connectivity index (χ2n) is 4.00. The maximum atomic E-state index is 14.2. The Morgan fingerprint density at radius 2 is 1.76 bits per heavy atom. The smallest absolute Gasteiger partial charge is 0.342 e. The van der Waals surface area contributed by atoms with Gasteiger partial charge in [0.25, 0.3) is 0 Å². The standard InChI is InChI=1S/C12H6F5NO3/c13-7-9(18(19)20)8(14)11(16)12(17,10(7)15)21-6-4-2-1-3-5-6/h1-5,10H.